The van der Waals surface area contributed by atoms with Crippen molar-refractivity contribution in [3.8, 4) is 51.2 Å². The first-order chi connectivity index (χ1) is 13.7. The van der Waals surface area contributed by atoms with Crippen LogP contribution in [-0.4, -0.2) is 29.3 Å². The molecule has 0 aliphatic heterocycles. The van der Waals surface area contributed by atoms with Crippen molar-refractivity contribution < 1.29 is 14.6 Å². The Balaban J connectivity index is 1.87. The zero-order valence-electron chi connectivity index (χ0n) is 15.6. The van der Waals surface area contributed by atoms with Crippen molar-refractivity contribution in [1.82, 2.24) is 9.97 Å². The first kappa shape index (κ1) is 17.7. The summed E-state index contributed by atoms with van der Waals surface area (Å²) in [4.78, 5) is 8.17. The molecule has 1 heterocycles. The number of imidazole rings is 1. The number of aromatic amines is 1. The summed E-state index contributed by atoms with van der Waals surface area (Å²) in [6.45, 7) is 0. The predicted octanol–water partition coefficient (Wildman–Crippen LogP) is 5.13. The van der Waals surface area contributed by atoms with Crippen molar-refractivity contribution in [2.24, 2.45) is 0 Å². The van der Waals surface area contributed by atoms with Crippen molar-refractivity contribution in [3.63, 3.8) is 0 Å². The smallest absolute Gasteiger partial charge is 0.142 e. The molecule has 0 saturated heterocycles. The number of aromatic hydroxyl groups is 1. The molecule has 3 aromatic carbocycles. The summed E-state index contributed by atoms with van der Waals surface area (Å²) in [7, 11) is 3.28. The fourth-order valence-electron chi connectivity index (χ4n) is 3.10. The second kappa shape index (κ2) is 7.48. The number of aromatic nitrogens is 2. The van der Waals surface area contributed by atoms with Gasteiger partial charge in [-0.2, -0.15) is 0 Å². The van der Waals surface area contributed by atoms with E-state index in [4.69, 9.17) is 14.5 Å². The number of benzene rings is 3. The zero-order valence-corrected chi connectivity index (χ0v) is 15.6. The van der Waals surface area contributed by atoms with E-state index in [1.165, 1.54) is 0 Å². The average Bonchev–Trinajstić information content (AvgIpc) is 3.19. The van der Waals surface area contributed by atoms with Gasteiger partial charge in [-0.25, -0.2) is 4.98 Å². The number of phenols is 1. The molecule has 0 radical (unpaired) electrons. The summed E-state index contributed by atoms with van der Waals surface area (Å²) in [6.07, 6.45) is 0. The number of hydrogen-bond donors (Lipinski definition) is 2. The minimum Gasteiger partial charge on any atom is -0.507 e. The van der Waals surface area contributed by atoms with Crippen molar-refractivity contribution in [2.45, 2.75) is 0 Å². The van der Waals surface area contributed by atoms with Crippen molar-refractivity contribution in [3.05, 3.63) is 72.8 Å². The predicted molar refractivity (Wildman–Crippen MR) is 110 cm³/mol. The zero-order chi connectivity index (χ0) is 19.5. The normalized spacial score (nSPS) is 10.6. The van der Waals surface area contributed by atoms with Gasteiger partial charge < -0.3 is 19.6 Å². The van der Waals surface area contributed by atoms with Gasteiger partial charge in [0, 0.05) is 11.1 Å². The Kier molecular flexibility index (Phi) is 4.72. The first-order valence-electron chi connectivity index (χ1n) is 8.87. The van der Waals surface area contributed by atoms with E-state index in [9.17, 15) is 5.11 Å². The molecule has 0 bridgehead atoms. The van der Waals surface area contributed by atoms with Crippen LogP contribution in [0.1, 0.15) is 0 Å². The molecule has 0 saturated carbocycles. The number of phenolic OH excluding ortho intramolecular Hbond substituents is 1. The molecule has 0 aliphatic rings. The molecule has 0 unspecified atom stereocenters. The monoisotopic (exact) mass is 372 g/mol. The standard InChI is InChI=1S/C23H20N2O3/c1-27-17-11-7-15(8-12-17)21-22(16-9-13-18(28-2)14-10-16)25-23(24-21)19-5-3-4-6-20(19)26/h3-14,26H,1-2H3,(H,24,25). The SMILES string of the molecule is COc1ccc(-c2nc(-c3ccccc3O)[nH]c2-c2ccc(OC)cc2)cc1. The van der Waals surface area contributed by atoms with E-state index in [1.807, 2.05) is 60.7 Å². The quantitative estimate of drug-likeness (QED) is 0.509. The Morgan fingerprint density at radius 1 is 0.750 bits per heavy atom. The Hall–Kier alpha value is -3.73. The van der Waals surface area contributed by atoms with Gasteiger partial charge in [-0.05, 0) is 60.7 Å². The van der Waals surface area contributed by atoms with Crippen LogP contribution in [0.4, 0.5) is 0 Å². The molecule has 0 atom stereocenters. The molecule has 4 rings (SSSR count). The minimum atomic E-state index is 0.179. The Morgan fingerprint density at radius 3 is 1.89 bits per heavy atom. The topological polar surface area (TPSA) is 67.4 Å². The molecule has 140 valence electrons. The first-order valence-corrected chi connectivity index (χ1v) is 8.87. The summed E-state index contributed by atoms with van der Waals surface area (Å²) in [5.74, 6) is 2.36. The molecular weight excluding hydrogens is 352 g/mol. The Labute approximate surface area is 163 Å². The molecular formula is C23H20N2O3. The number of nitrogens with zero attached hydrogens (tertiary/aromatic N) is 1. The molecule has 5 heteroatoms. The Morgan fingerprint density at radius 2 is 1.32 bits per heavy atom. The van der Waals surface area contributed by atoms with Crippen LogP contribution in [0.3, 0.4) is 0 Å². The highest BCUT2D eigenvalue weighted by Crippen LogP contribution is 2.36. The third-order valence-electron chi connectivity index (χ3n) is 4.61. The summed E-state index contributed by atoms with van der Waals surface area (Å²) < 4.78 is 10.5. The molecule has 5 nitrogen and oxygen atoms in total. The summed E-state index contributed by atoms with van der Waals surface area (Å²) in [5, 5.41) is 10.2. The maximum atomic E-state index is 10.2. The second-order valence-corrected chi connectivity index (χ2v) is 6.28. The van der Waals surface area contributed by atoms with Crippen LogP contribution >= 0.6 is 0 Å². The number of rotatable bonds is 5. The van der Waals surface area contributed by atoms with Gasteiger partial charge in [0.25, 0.3) is 0 Å². The van der Waals surface area contributed by atoms with Crippen LogP contribution in [0.5, 0.6) is 17.2 Å². The highest BCUT2D eigenvalue weighted by atomic mass is 16.5. The lowest BCUT2D eigenvalue weighted by atomic mass is 10.0. The molecule has 28 heavy (non-hydrogen) atoms. The van der Waals surface area contributed by atoms with Crippen LogP contribution in [0.2, 0.25) is 0 Å². The van der Waals surface area contributed by atoms with Crippen molar-refractivity contribution in [2.75, 3.05) is 14.2 Å². The van der Waals surface area contributed by atoms with Gasteiger partial charge in [-0.3, -0.25) is 0 Å². The van der Waals surface area contributed by atoms with E-state index in [-0.39, 0.29) is 5.75 Å². The van der Waals surface area contributed by atoms with E-state index >= 15 is 0 Å². The summed E-state index contributed by atoms with van der Waals surface area (Å²) in [5.41, 5.74) is 4.24. The molecule has 1 aromatic heterocycles. The highest BCUT2D eigenvalue weighted by molar-refractivity contribution is 5.82. The third-order valence-corrected chi connectivity index (χ3v) is 4.61. The van der Waals surface area contributed by atoms with E-state index in [1.54, 1.807) is 26.4 Å². The maximum absolute atomic E-state index is 10.2. The molecule has 0 fully saturated rings. The maximum Gasteiger partial charge on any atom is 0.142 e. The fourth-order valence-corrected chi connectivity index (χ4v) is 3.10. The largest absolute Gasteiger partial charge is 0.507 e. The summed E-state index contributed by atoms with van der Waals surface area (Å²) in [6, 6.07) is 22.7. The van der Waals surface area contributed by atoms with Gasteiger partial charge in [0.15, 0.2) is 0 Å². The van der Waals surface area contributed by atoms with Gasteiger partial charge in [0.2, 0.25) is 0 Å². The second-order valence-electron chi connectivity index (χ2n) is 6.28. The molecule has 2 N–H and O–H groups in total. The fraction of sp³-hybridized carbons (Fsp3) is 0.0870. The molecule has 0 spiro atoms. The van der Waals surface area contributed by atoms with Crippen LogP contribution in [0.25, 0.3) is 33.9 Å². The van der Waals surface area contributed by atoms with E-state index < -0.39 is 0 Å². The average molecular weight is 372 g/mol. The minimum absolute atomic E-state index is 0.179. The molecule has 0 aliphatic carbocycles. The number of hydrogen-bond acceptors (Lipinski definition) is 4. The van der Waals surface area contributed by atoms with Gasteiger partial charge >= 0.3 is 0 Å². The van der Waals surface area contributed by atoms with Gasteiger partial charge in [-0.1, -0.05) is 12.1 Å². The van der Waals surface area contributed by atoms with Crippen molar-refractivity contribution in [1.29, 1.82) is 0 Å². The van der Waals surface area contributed by atoms with Crippen molar-refractivity contribution >= 4 is 0 Å². The number of H-pyrrole nitrogens is 1. The third kappa shape index (κ3) is 3.30. The van der Waals surface area contributed by atoms with Crippen LogP contribution in [0.15, 0.2) is 72.8 Å². The summed E-state index contributed by atoms with van der Waals surface area (Å²) >= 11 is 0. The number of nitrogens with one attached hydrogen (secondary N) is 1. The number of methoxy groups -OCH3 is 2. The van der Waals surface area contributed by atoms with Gasteiger partial charge in [-0.15, -0.1) is 0 Å². The van der Waals surface area contributed by atoms with E-state index in [2.05, 4.69) is 4.98 Å². The lowest BCUT2D eigenvalue weighted by Gasteiger charge is -2.06. The number of para-hydroxylation sites is 1. The van der Waals surface area contributed by atoms with Crippen LogP contribution in [-0.2, 0) is 0 Å². The lowest BCUT2D eigenvalue weighted by molar-refractivity contribution is 0.414. The molecule has 4 aromatic rings. The van der Waals surface area contributed by atoms with Gasteiger partial charge in [0.05, 0.1) is 31.2 Å². The van der Waals surface area contributed by atoms with Gasteiger partial charge in [0.1, 0.15) is 23.1 Å². The highest BCUT2D eigenvalue weighted by Gasteiger charge is 2.17. The molecule has 0 amide bonds. The Bertz CT molecular complexity index is 1020. The van der Waals surface area contributed by atoms with Crippen LogP contribution < -0.4 is 9.47 Å². The van der Waals surface area contributed by atoms with E-state index in [0.29, 0.717) is 11.4 Å². The van der Waals surface area contributed by atoms with E-state index in [0.717, 1.165) is 34.0 Å². The van der Waals surface area contributed by atoms with Crippen LogP contribution in [0, 0.1) is 0 Å². The lowest BCUT2D eigenvalue weighted by Crippen LogP contribution is -1.87. The number of ether oxygens (including phenoxy) is 2.